The zero-order valence-corrected chi connectivity index (χ0v) is 18.1. The van der Waals surface area contributed by atoms with Crippen molar-refractivity contribution in [3.8, 4) is 11.1 Å². The van der Waals surface area contributed by atoms with Crippen LogP contribution in [0.2, 0.25) is 0 Å². The highest BCUT2D eigenvalue weighted by atomic mass is 16.4. The van der Waals surface area contributed by atoms with Gasteiger partial charge in [-0.1, -0.05) is 68.5 Å². The minimum absolute atomic E-state index is 0.0410. The number of aromatic nitrogens is 1. The molecule has 0 bridgehead atoms. The molecule has 0 saturated carbocycles. The summed E-state index contributed by atoms with van der Waals surface area (Å²) < 4.78 is 0. The van der Waals surface area contributed by atoms with Crippen LogP contribution in [0.25, 0.3) is 28.1 Å². The first kappa shape index (κ1) is 22.7. The summed E-state index contributed by atoms with van der Waals surface area (Å²) in [6, 6.07) is 16.3. The van der Waals surface area contributed by atoms with Gasteiger partial charge in [-0.3, -0.25) is 9.78 Å². The highest BCUT2D eigenvalue weighted by molar-refractivity contribution is 5.99. The standard InChI is InChI=1S/C26H29NO4/c1-16(2)26-22(12-10-19(28)14-20(29)15-24(30)31)25(18-7-5-4-6-8-18)21-11-9-17(3)13-23(21)27-26/h4-13,16,19-20,28-29H,14-15H2,1-3H3,(H,30,31). The molecule has 0 aliphatic heterocycles. The summed E-state index contributed by atoms with van der Waals surface area (Å²) in [7, 11) is 0. The van der Waals surface area contributed by atoms with Gasteiger partial charge in [-0.2, -0.15) is 0 Å². The van der Waals surface area contributed by atoms with Gasteiger partial charge in [-0.05, 0) is 30.0 Å². The maximum atomic E-state index is 10.8. The number of hydrogen-bond acceptors (Lipinski definition) is 4. The summed E-state index contributed by atoms with van der Waals surface area (Å²) in [6.07, 6.45) is 0.956. The van der Waals surface area contributed by atoms with Crippen LogP contribution < -0.4 is 0 Å². The Labute approximate surface area is 182 Å². The van der Waals surface area contributed by atoms with Gasteiger partial charge in [0.1, 0.15) is 0 Å². The van der Waals surface area contributed by atoms with E-state index in [1.807, 2.05) is 31.2 Å². The van der Waals surface area contributed by atoms with Crippen LogP contribution in [0.4, 0.5) is 0 Å². The fourth-order valence-electron chi connectivity index (χ4n) is 3.78. The molecule has 31 heavy (non-hydrogen) atoms. The van der Waals surface area contributed by atoms with Crippen LogP contribution in [0, 0.1) is 6.92 Å². The summed E-state index contributed by atoms with van der Waals surface area (Å²) in [6.45, 7) is 6.22. The number of fused-ring (bicyclic) bond motifs is 1. The van der Waals surface area contributed by atoms with E-state index in [1.165, 1.54) is 0 Å². The highest BCUT2D eigenvalue weighted by Crippen LogP contribution is 2.36. The topological polar surface area (TPSA) is 90.7 Å². The Hall–Kier alpha value is -3.02. The molecule has 0 amide bonds. The normalized spacial score (nSPS) is 13.7. The molecule has 3 N–H and O–H groups in total. The summed E-state index contributed by atoms with van der Waals surface area (Å²) in [5.74, 6) is -0.937. The molecule has 0 fully saturated rings. The lowest BCUT2D eigenvalue weighted by atomic mass is 9.90. The molecule has 0 spiro atoms. The first-order valence-corrected chi connectivity index (χ1v) is 10.5. The Morgan fingerprint density at radius 2 is 1.81 bits per heavy atom. The number of pyridine rings is 1. The molecule has 0 radical (unpaired) electrons. The first-order valence-electron chi connectivity index (χ1n) is 10.5. The Bertz CT molecular complexity index is 1090. The Balaban J connectivity index is 2.13. The van der Waals surface area contributed by atoms with Gasteiger partial charge in [0.2, 0.25) is 0 Å². The summed E-state index contributed by atoms with van der Waals surface area (Å²) in [5.41, 5.74) is 6.01. The van der Waals surface area contributed by atoms with Gasteiger partial charge in [-0.15, -0.1) is 0 Å². The number of carboxylic acid groups (broad SMARTS) is 1. The van der Waals surface area contributed by atoms with E-state index >= 15 is 0 Å². The molecule has 1 heterocycles. The van der Waals surface area contributed by atoms with Crippen molar-refractivity contribution in [1.82, 2.24) is 4.98 Å². The van der Waals surface area contributed by atoms with Gasteiger partial charge in [0.25, 0.3) is 0 Å². The molecule has 2 atom stereocenters. The number of aliphatic carboxylic acids is 1. The van der Waals surface area contributed by atoms with Gasteiger partial charge in [0.15, 0.2) is 0 Å². The second-order valence-corrected chi connectivity index (χ2v) is 8.24. The Morgan fingerprint density at radius 3 is 2.45 bits per heavy atom. The van der Waals surface area contributed by atoms with Crippen molar-refractivity contribution in [1.29, 1.82) is 0 Å². The lowest BCUT2D eigenvalue weighted by Crippen LogP contribution is -2.19. The SMILES string of the molecule is Cc1ccc2c(-c3ccccc3)c(C=CC(O)CC(O)CC(=O)O)c(C(C)C)nc2c1. The van der Waals surface area contributed by atoms with Crippen molar-refractivity contribution in [2.75, 3.05) is 0 Å². The number of rotatable bonds is 8. The molecule has 162 valence electrons. The second-order valence-electron chi connectivity index (χ2n) is 8.24. The first-order chi connectivity index (χ1) is 14.8. The molecular formula is C26H29NO4. The predicted octanol–water partition coefficient (Wildman–Crippen LogP) is 4.93. The molecule has 2 aromatic carbocycles. The van der Waals surface area contributed by atoms with E-state index in [0.29, 0.717) is 0 Å². The molecule has 5 heteroatoms. The van der Waals surface area contributed by atoms with Crippen LogP contribution in [0.1, 0.15) is 49.4 Å². The number of carboxylic acids is 1. The third kappa shape index (κ3) is 5.57. The molecule has 5 nitrogen and oxygen atoms in total. The van der Waals surface area contributed by atoms with E-state index in [-0.39, 0.29) is 12.3 Å². The smallest absolute Gasteiger partial charge is 0.305 e. The number of aryl methyl sites for hydroxylation is 1. The van der Waals surface area contributed by atoms with Crippen LogP contribution in [0.15, 0.2) is 54.6 Å². The van der Waals surface area contributed by atoms with Crippen LogP contribution in [0.5, 0.6) is 0 Å². The van der Waals surface area contributed by atoms with Crippen LogP contribution in [-0.2, 0) is 4.79 Å². The minimum Gasteiger partial charge on any atom is -0.481 e. The average molecular weight is 420 g/mol. The summed E-state index contributed by atoms with van der Waals surface area (Å²) in [4.78, 5) is 15.7. The predicted molar refractivity (Wildman–Crippen MR) is 124 cm³/mol. The number of hydrogen-bond donors (Lipinski definition) is 3. The van der Waals surface area contributed by atoms with Crippen LogP contribution >= 0.6 is 0 Å². The van der Waals surface area contributed by atoms with E-state index in [1.54, 1.807) is 6.08 Å². The molecular weight excluding hydrogens is 390 g/mol. The third-order valence-electron chi connectivity index (χ3n) is 5.23. The van der Waals surface area contributed by atoms with E-state index in [9.17, 15) is 15.0 Å². The van der Waals surface area contributed by atoms with Gasteiger partial charge >= 0.3 is 5.97 Å². The number of carbonyl (C=O) groups is 1. The zero-order chi connectivity index (χ0) is 22.5. The maximum absolute atomic E-state index is 10.8. The van der Waals surface area contributed by atoms with Gasteiger partial charge < -0.3 is 15.3 Å². The lowest BCUT2D eigenvalue weighted by molar-refractivity contribution is -0.139. The molecule has 3 aromatic rings. The second kappa shape index (κ2) is 9.86. The van der Waals surface area contributed by atoms with Crippen molar-refractivity contribution in [2.24, 2.45) is 0 Å². The molecule has 0 aliphatic carbocycles. The zero-order valence-electron chi connectivity index (χ0n) is 18.1. The number of aliphatic hydroxyl groups is 2. The number of nitrogens with zero attached hydrogens (tertiary/aromatic N) is 1. The van der Waals surface area contributed by atoms with Crippen LogP contribution in [-0.4, -0.2) is 38.5 Å². The number of benzene rings is 2. The Morgan fingerprint density at radius 1 is 1.10 bits per heavy atom. The molecule has 0 saturated heterocycles. The van der Waals surface area contributed by atoms with Gasteiger partial charge in [-0.25, -0.2) is 0 Å². The van der Waals surface area contributed by atoms with E-state index in [0.717, 1.165) is 38.9 Å². The van der Waals surface area contributed by atoms with Crippen molar-refractivity contribution in [3.63, 3.8) is 0 Å². The van der Waals surface area contributed by atoms with E-state index in [2.05, 4.69) is 44.2 Å². The summed E-state index contributed by atoms with van der Waals surface area (Å²) >= 11 is 0. The number of aliphatic hydroxyl groups excluding tert-OH is 2. The van der Waals surface area contributed by atoms with E-state index < -0.39 is 24.6 Å². The fourth-order valence-corrected chi connectivity index (χ4v) is 3.78. The van der Waals surface area contributed by atoms with Crippen LogP contribution in [0.3, 0.4) is 0 Å². The summed E-state index contributed by atoms with van der Waals surface area (Å²) in [5, 5.41) is 30.1. The highest BCUT2D eigenvalue weighted by Gasteiger charge is 2.18. The monoisotopic (exact) mass is 419 g/mol. The average Bonchev–Trinajstić information content (AvgIpc) is 2.71. The van der Waals surface area contributed by atoms with Crippen molar-refractivity contribution in [3.05, 3.63) is 71.4 Å². The molecule has 3 rings (SSSR count). The van der Waals surface area contributed by atoms with Crippen molar-refractivity contribution in [2.45, 2.75) is 51.7 Å². The molecule has 1 aromatic heterocycles. The largest absolute Gasteiger partial charge is 0.481 e. The lowest BCUT2D eigenvalue weighted by Gasteiger charge is -2.18. The van der Waals surface area contributed by atoms with Gasteiger partial charge in [0.05, 0.1) is 29.8 Å². The molecule has 0 aliphatic rings. The van der Waals surface area contributed by atoms with Gasteiger partial charge in [0, 0.05) is 22.9 Å². The van der Waals surface area contributed by atoms with Crippen molar-refractivity contribution >= 4 is 22.9 Å². The Kier molecular flexibility index (Phi) is 7.21. The maximum Gasteiger partial charge on any atom is 0.305 e. The van der Waals surface area contributed by atoms with Crippen molar-refractivity contribution < 1.29 is 20.1 Å². The third-order valence-corrected chi connectivity index (χ3v) is 5.23. The quantitative estimate of drug-likeness (QED) is 0.481. The fraction of sp³-hybridized carbons (Fsp3) is 0.308. The van der Waals surface area contributed by atoms with E-state index in [4.69, 9.17) is 10.1 Å². The molecule has 2 unspecified atom stereocenters. The minimum atomic E-state index is -1.10.